The van der Waals surface area contributed by atoms with Gasteiger partial charge in [0.2, 0.25) is 0 Å². The van der Waals surface area contributed by atoms with Crippen molar-refractivity contribution >= 4 is 37.6 Å². The molecule has 1 aromatic heterocycles. The Labute approximate surface area is 125 Å². The van der Waals surface area contributed by atoms with E-state index in [2.05, 4.69) is 36.8 Å². The molecule has 0 aliphatic heterocycles. The van der Waals surface area contributed by atoms with Crippen LogP contribution in [0.15, 0.2) is 33.5 Å². The highest BCUT2D eigenvalue weighted by Gasteiger charge is 2.24. The van der Waals surface area contributed by atoms with E-state index in [1.165, 1.54) is 12.1 Å². The number of halogens is 4. The number of hydrogen-bond acceptors (Lipinski definition) is 2. The fourth-order valence-electron chi connectivity index (χ4n) is 1.54. The van der Waals surface area contributed by atoms with Crippen LogP contribution < -0.4 is 0 Å². The van der Waals surface area contributed by atoms with Crippen LogP contribution in [0.1, 0.15) is 21.5 Å². The van der Waals surface area contributed by atoms with Crippen LogP contribution >= 0.6 is 31.9 Å². The average Bonchev–Trinajstić information content (AvgIpc) is 2.37. The maximum atomic E-state index is 13.9. The Morgan fingerprint density at radius 1 is 1.05 bits per heavy atom. The molecule has 0 saturated carbocycles. The molecule has 2 rings (SSSR count). The molecule has 0 N–H and O–H groups in total. The van der Waals surface area contributed by atoms with Gasteiger partial charge in [-0.3, -0.25) is 4.79 Å². The Morgan fingerprint density at radius 3 is 2.00 bits per heavy atom. The quantitative estimate of drug-likeness (QED) is 0.561. The summed E-state index contributed by atoms with van der Waals surface area (Å²) in [7, 11) is 0. The third-order valence-electron chi connectivity index (χ3n) is 2.54. The number of aromatic nitrogens is 1. The number of benzene rings is 1. The minimum absolute atomic E-state index is 0.212. The second-order valence-electron chi connectivity index (χ2n) is 3.89. The zero-order chi connectivity index (χ0) is 14.2. The molecule has 19 heavy (non-hydrogen) atoms. The van der Waals surface area contributed by atoms with Crippen LogP contribution in [0.3, 0.4) is 0 Å². The summed E-state index contributed by atoms with van der Waals surface area (Å²) in [5.41, 5.74) is 0.542. The van der Waals surface area contributed by atoms with Gasteiger partial charge >= 0.3 is 0 Å². The Kier molecular flexibility index (Phi) is 4.10. The van der Waals surface area contributed by atoms with Crippen molar-refractivity contribution in [2.45, 2.75) is 6.92 Å². The van der Waals surface area contributed by atoms with Crippen molar-refractivity contribution < 1.29 is 13.6 Å². The first-order valence-corrected chi connectivity index (χ1v) is 6.81. The van der Waals surface area contributed by atoms with Gasteiger partial charge in [-0.05, 0) is 38.8 Å². The van der Waals surface area contributed by atoms with Crippen molar-refractivity contribution in [1.82, 2.24) is 4.98 Å². The van der Waals surface area contributed by atoms with Crippen LogP contribution in [0.25, 0.3) is 0 Å². The second kappa shape index (κ2) is 5.46. The number of carbonyl (C=O) groups excluding carboxylic acids is 1. The predicted molar refractivity (Wildman–Crippen MR) is 74.2 cm³/mol. The summed E-state index contributed by atoms with van der Waals surface area (Å²) in [6.07, 6.45) is 0. The number of aryl methyl sites for hydroxylation is 1. The van der Waals surface area contributed by atoms with Gasteiger partial charge in [0.05, 0.1) is 5.56 Å². The first-order valence-electron chi connectivity index (χ1n) is 5.23. The molecule has 0 spiro atoms. The van der Waals surface area contributed by atoms with E-state index in [1.54, 1.807) is 12.1 Å². The number of carbonyl (C=O) groups is 1. The lowest BCUT2D eigenvalue weighted by atomic mass is 10.0. The van der Waals surface area contributed by atoms with Gasteiger partial charge in [0.1, 0.15) is 9.21 Å². The van der Waals surface area contributed by atoms with Crippen LogP contribution in [-0.2, 0) is 0 Å². The topological polar surface area (TPSA) is 30.0 Å². The molecule has 0 radical (unpaired) electrons. The van der Waals surface area contributed by atoms with Crippen molar-refractivity contribution in [1.29, 1.82) is 0 Å². The molecular formula is C13H7Br2F2NO. The molecule has 0 fully saturated rings. The molecule has 0 aliphatic carbocycles. The molecule has 0 bridgehead atoms. The lowest BCUT2D eigenvalue weighted by Crippen LogP contribution is -2.10. The molecule has 0 saturated heterocycles. The first kappa shape index (κ1) is 14.3. The fourth-order valence-corrected chi connectivity index (χ4v) is 2.52. The highest BCUT2D eigenvalue weighted by Crippen LogP contribution is 2.27. The minimum atomic E-state index is -1.01. The van der Waals surface area contributed by atoms with Gasteiger partial charge in [-0.15, -0.1) is 0 Å². The summed E-state index contributed by atoms with van der Waals surface area (Å²) < 4.78 is 27.3. The third kappa shape index (κ3) is 2.74. The summed E-state index contributed by atoms with van der Waals surface area (Å²) in [6.45, 7) is 1.86. The lowest BCUT2D eigenvalue weighted by molar-refractivity contribution is 0.103. The molecule has 0 unspecified atom stereocenters. The molecule has 6 heteroatoms. The normalized spacial score (nSPS) is 10.6. The van der Waals surface area contributed by atoms with Crippen molar-refractivity contribution in [3.05, 3.63) is 61.8 Å². The number of pyridine rings is 1. The van der Waals surface area contributed by atoms with E-state index in [1.807, 2.05) is 6.92 Å². The van der Waals surface area contributed by atoms with E-state index in [9.17, 15) is 13.6 Å². The highest BCUT2D eigenvalue weighted by molar-refractivity contribution is 9.11. The Hall–Kier alpha value is -1.14. The smallest absolute Gasteiger partial charge is 0.199 e. The third-order valence-corrected chi connectivity index (χ3v) is 3.59. The summed E-state index contributed by atoms with van der Waals surface area (Å²) in [5, 5.41) is 0. The number of nitrogens with zero attached hydrogens (tertiary/aromatic N) is 1. The van der Waals surface area contributed by atoms with Crippen LogP contribution in [-0.4, -0.2) is 10.8 Å². The van der Waals surface area contributed by atoms with Crippen molar-refractivity contribution in [2.24, 2.45) is 0 Å². The molecule has 0 aliphatic rings. The van der Waals surface area contributed by atoms with Crippen molar-refractivity contribution in [2.75, 3.05) is 0 Å². The largest absolute Gasteiger partial charge is 0.288 e. The molecule has 2 aromatic rings. The number of rotatable bonds is 2. The Balaban J connectivity index is 2.59. The van der Waals surface area contributed by atoms with Gasteiger partial charge in [-0.1, -0.05) is 29.8 Å². The van der Waals surface area contributed by atoms with Crippen LogP contribution in [0.2, 0.25) is 0 Å². The van der Waals surface area contributed by atoms with E-state index in [4.69, 9.17) is 0 Å². The van der Waals surface area contributed by atoms with E-state index >= 15 is 0 Å². The summed E-state index contributed by atoms with van der Waals surface area (Å²) in [5.74, 6) is -2.74. The van der Waals surface area contributed by atoms with E-state index in [0.717, 1.165) is 5.56 Å². The lowest BCUT2D eigenvalue weighted by Gasteiger charge is -2.07. The predicted octanol–water partition coefficient (Wildman–Crippen LogP) is 4.42. The van der Waals surface area contributed by atoms with E-state index in [0.29, 0.717) is 0 Å². The average molecular weight is 391 g/mol. The summed E-state index contributed by atoms with van der Waals surface area (Å²) >= 11 is 5.70. The maximum Gasteiger partial charge on any atom is 0.199 e. The van der Waals surface area contributed by atoms with Crippen LogP contribution in [0.5, 0.6) is 0 Å². The number of ketones is 1. The van der Waals surface area contributed by atoms with E-state index < -0.39 is 23.0 Å². The van der Waals surface area contributed by atoms with Gasteiger partial charge in [-0.25, -0.2) is 13.8 Å². The molecule has 0 amide bonds. The van der Waals surface area contributed by atoms with E-state index in [-0.39, 0.29) is 14.8 Å². The summed E-state index contributed by atoms with van der Waals surface area (Å²) in [6, 6.07) is 6.46. The fraction of sp³-hybridized carbons (Fsp3) is 0.0769. The van der Waals surface area contributed by atoms with Crippen molar-refractivity contribution in [3.8, 4) is 0 Å². The molecule has 98 valence electrons. The highest BCUT2D eigenvalue weighted by atomic mass is 79.9. The minimum Gasteiger partial charge on any atom is -0.288 e. The standard InChI is InChI=1S/C13H7Br2F2NO/c1-6-2-4-7(5-3-6)11(19)8-9(16)12(14)18-13(15)10(8)17/h2-5H,1H3. The van der Waals surface area contributed by atoms with Crippen LogP contribution in [0, 0.1) is 18.6 Å². The molecule has 2 nitrogen and oxygen atoms in total. The van der Waals surface area contributed by atoms with Crippen molar-refractivity contribution in [3.63, 3.8) is 0 Å². The summed E-state index contributed by atoms with van der Waals surface area (Å²) in [4.78, 5) is 15.7. The molecule has 1 heterocycles. The molecular weight excluding hydrogens is 384 g/mol. The zero-order valence-electron chi connectivity index (χ0n) is 9.68. The van der Waals surface area contributed by atoms with Crippen LogP contribution in [0.4, 0.5) is 8.78 Å². The Bertz CT molecular complexity index is 630. The van der Waals surface area contributed by atoms with Gasteiger partial charge in [0, 0.05) is 5.56 Å². The second-order valence-corrected chi connectivity index (χ2v) is 5.39. The zero-order valence-corrected chi connectivity index (χ0v) is 12.8. The number of hydrogen-bond donors (Lipinski definition) is 0. The van der Waals surface area contributed by atoms with Gasteiger partial charge < -0.3 is 0 Å². The van der Waals surface area contributed by atoms with Gasteiger partial charge in [0.15, 0.2) is 17.4 Å². The molecule has 0 atom stereocenters. The maximum absolute atomic E-state index is 13.9. The first-order chi connectivity index (χ1) is 8.91. The molecule has 1 aromatic carbocycles. The Morgan fingerprint density at radius 2 is 1.53 bits per heavy atom. The van der Waals surface area contributed by atoms with Gasteiger partial charge in [-0.2, -0.15) is 0 Å². The van der Waals surface area contributed by atoms with Gasteiger partial charge in [0.25, 0.3) is 0 Å². The SMILES string of the molecule is Cc1ccc(C(=O)c2c(F)c(Br)nc(Br)c2F)cc1. The monoisotopic (exact) mass is 389 g/mol.